The summed E-state index contributed by atoms with van der Waals surface area (Å²) in [4.78, 5) is 22.4. The second-order valence-corrected chi connectivity index (χ2v) is 6.56. The molecule has 1 N–H and O–H groups in total. The molecule has 0 bridgehead atoms. The van der Waals surface area contributed by atoms with Gasteiger partial charge in [-0.3, -0.25) is 14.9 Å². The molecular formula is C21H17N5O4. The van der Waals surface area contributed by atoms with Crippen LogP contribution in [0.3, 0.4) is 0 Å². The molecule has 0 saturated carbocycles. The van der Waals surface area contributed by atoms with Crippen molar-refractivity contribution >= 4 is 28.1 Å². The van der Waals surface area contributed by atoms with Crippen molar-refractivity contribution in [3.8, 4) is 11.4 Å². The number of nitro groups is 1. The van der Waals surface area contributed by atoms with Crippen LogP contribution in [-0.2, 0) is 11.4 Å². The summed E-state index contributed by atoms with van der Waals surface area (Å²) in [5.74, 6) is 0.324. The van der Waals surface area contributed by atoms with Gasteiger partial charge in [-0.15, -0.1) is 5.10 Å². The molecule has 0 aliphatic rings. The zero-order valence-corrected chi connectivity index (χ0v) is 16.0. The number of amides is 1. The Kier molecular flexibility index (Phi) is 5.08. The van der Waals surface area contributed by atoms with Crippen molar-refractivity contribution in [2.75, 3.05) is 5.32 Å². The van der Waals surface area contributed by atoms with Crippen molar-refractivity contribution in [1.29, 1.82) is 0 Å². The normalized spacial score (nSPS) is 10.7. The molecule has 1 heterocycles. The highest BCUT2D eigenvalue weighted by Crippen LogP contribution is 2.30. The lowest BCUT2D eigenvalue weighted by Gasteiger charge is -2.09. The number of hydrogen-bond acceptors (Lipinski definition) is 6. The average molecular weight is 403 g/mol. The van der Waals surface area contributed by atoms with Gasteiger partial charge in [0.15, 0.2) is 5.69 Å². The van der Waals surface area contributed by atoms with Crippen molar-refractivity contribution in [2.24, 2.45) is 0 Å². The smallest absolute Gasteiger partial charge is 0.297 e. The van der Waals surface area contributed by atoms with Gasteiger partial charge < -0.3 is 10.1 Å². The number of nitrogens with zero attached hydrogens (tertiary/aromatic N) is 4. The van der Waals surface area contributed by atoms with Gasteiger partial charge in [0.2, 0.25) is 5.91 Å². The van der Waals surface area contributed by atoms with Crippen LogP contribution >= 0.6 is 0 Å². The first-order valence-electron chi connectivity index (χ1n) is 9.09. The molecule has 0 atom stereocenters. The molecule has 0 aliphatic heterocycles. The summed E-state index contributed by atoms with van der Waals surface area (Å²) in [6, 6.07) is 18.1. The number of rotatable bonds is 6. The summed E-state index contributed by atoms with van der Waals surface area (Å²) in [6.45, 7) is 1.46. The Bertz CT molecular complexity index is 1250. The molecule has 0 aliphatic carbocycles. The number of benzene rings is 3. The number of carbonyl (C=O) groups is 1. The molecule has 1 aromatic heterocycles. The maximum Gasteiger partial charge on any atom is 0.297 e. The average Bonchev–Trinajstić information content (AvgIpc) is 3.20. The lowest BCUT2D eigenvalue weighted by molar-refractivity contribution is -0.384. The van der Waals surface area contributed by atoms with Gasteiger partial charge in [0.05, 0.1) is 16.8 Å². The van der Waals surface area contributed by atoms with E-state index in [2.05, 4.69) is 15.6 Å². The second-order valence-electron chi connectivity index (χ2n) is 6.56. The molecule has 0 unspecified atom stereocenters. The quantitative estimate of drug-likeness (QED) is 0.386. The van der Waals surface area contributed by atoms with Gasteiger partial charge >= 0.3 is 0 Å². The fourth-order valence-corrected chi connectivity index (χ4v) is 3.10. The van der Waals surface area contributed by atoms with Gasteiger partial charge in [-0.25, -0.2) is 4.68 Å². The molecule has 3 aromatic carbocycles. The van der Waals surface area contributed by atoms with Crippen LogP contribution in [-0.4, -0.2) is 25.8 Å². The third kappa shape index (κ3) is 3.95. The molecule has 9 heteroatoms. The van der Waals surface area contributed by atoms with Crippen molar-refractivity contribution in [3.63, 3.8) is 0 Å². The standard InChI is InChI=1S/C21H17N5O4/c1-14(27)22-19-7-4-8-20(26(28)29)21(19)25-12-17(23-24-25)13-30-18-10-9-15-5-2-3-6-16(15)11-18/h2-12H,13H2,1H3,(H,22,27). The zero-order valence-electron chi connectivity index (χ0n) is 16.0. The summed E-state index contributed by atoms with van der Waals surface area (Å²) < 4.78 is 7.07. The molecule has 30 heavy (non-hydrogen) atoms. The molecule has 1 amide bonds. The van der Waals surface area contributed by atoms with Crippen LogP contribution in [0.25, 0.3) is 16.5 Å². The number of aromatic nitrogens is 3. The van der Waals surface area contributed by atoms with E-state index in [1.807, 2.05) is 42.5 Å². The third-order valence-corrected chi connectivity index (χ3v) is 4.40. The van der Waals surface area contributed by atoms with Crippen molar-refractivity contribution in [1.82, 2.24) is 15.0 Å². The number of carbonyl (C=O) groups excluding carboxylic acids is 1. The van der Waals surface area contributed by atoms with E-state index in [0.29, 0.717) is 11.4 Å². The summed E-state index contributed by atoms with van der Waals surface area (Å²) >= 11 is 0. The molecule has 4 rings (SSSR count). The van der Waals surface area contributed by atoms with Crippen molar-refractivity contribution < 1.29 is 14.5 Å². The number of nitrogens with one attached hydrogen (secondary N) is 1. The van der Waals surface area contributed by atoms with E-state index in [1.54, 1.807) is 6.07 Å². The van der Waals surface area contributed by atoms with E-state index < -0.39 is 4.92 Å². The van der Waals surface area contributed by atoms with Gasteiger partial charge in [0.1, 0.15) is 18.1 Å². The van der Waals surface area contributed by atoms with Crippen LogP contribution in [0.5, 0.6) is 5.75 Å². The number of nitro benzene ring substituents is 1. The van der Waals surface area contributed by atoms with Crippen molar-refractivity contribution in [3.05, 3.63) is 82.7 Å². The van der Waals surface area contributed by atoms with Gasteiger partial charge in [0.25, 0.3) is 5.69 Å². The number of para-hydroxylation sites is 1. The minimum absolute atomic E-state index is 0.127. The molecule has 0 radical (unpaired) electrons. The van der Waals surface area contributed by atoms with Crippen LogP contribution in [0.2, 0.25) is 0 Å². The Morgan fingerprint density at radius 1 is 1.13 bits per heavy atom. The number of hydrogen-bond donors (Lipinski definition) is 1. The molecule has 0 saturated heterocycles. The number of anilines is 1. The van der Waals surface area contributed by atoms with E-state index in [1.165, 1.54) is 29.9 Å². The third-order valence-electron chi connectivity index (χ3n) is 4.40. The zero-order chi connectivity index (χ0) is 21.1. The molecule has 4 aromatic rings. The van der Waals surface area contributed by atoms with E-state index >= 15 is 0 Å². The van der Waals surface area contributed by atoms with Gasteiger partial charge in [-0.1, -0.05) is 41.6 Å². The second kappa shape index (κ2) is 8.00. The Labute approximate surface area is 171 Å². The van der Waals surface area contributed by atoms with Crippen molar-refractivity contribution in [2.45, 2.75) is 13.5 Å². The minimum atomic E-state index is -0.534. The summed E-state index contributed by atoms with van der Waals surface area (Å²) in [5, 5.41) is 24.2. The van der Waals surface area contributed by atoms with Gasteiger partial charge in [0, 0.05) is 13.0 Å². The fourth-order valence-electron chi connectivity index (χ4n) is 3.10. The predicted molar refractivity (Wildman–Crippen MR) is 111 cm³/mol. The topological polar surface area (TPSA) is 112 Å². The molecule has 150 valence electrons. The molecule has 0 fully saturated rings. The van der Waals surface area contributed by atoms with Gasteiger partial charge in [-0.05, 0) is 29.0 Å². The molecule has 0 spiro atoms. The monoisotopic (exact) mass is 403 g/mol. The molecule has 9 nitrogen and oxygen atoms in total. The largest absolute Gasteiger partial charge is 0.487 e. The fraction of sp³-hybridized carbons (Fsp3) is 0.0952. The minimum Gasteiger partial charge on any atom is -0.487 e. The highest BCUT2D eigenvalue weighted by atomic mass is 16.6. The summed E-state index contributed by atoms with van der Waals surface area (Å²) in [6.07, 6.45) is 1.54. The lowest BCUT2D eigenvalue weighted by atomic mass is 10.1. The Morgan fingerprint density at radius 3 is 2.70 bits per heavy atom. The van der Waals surface area contributed by atoms with Crippen LogP contribution in [0.15, 0.2) is 66.9 Å². The van der Waals surface area contributed by atoms with Crippen LogP contribution in [0.4, 0.5) is 11.4 Å². The molecular weight excluding hydrogens is 386 g/mol. The van der Waals surface area contributed by atoms with E-state index in [9.17, 15) is 14.9 Å². The Hall–Kier alpha value is -4.27. The maximum atomic E-state index is 11.5. The summed E-state index contributed by atoms with van der Waals surface area (Å²) in [7, 11) is 0. The highest BCUT2D eigenvalue weighted by molar-refractivity contribution is 5.92. The summed E-state index contributed by atoms with van der Waals surface area (Å²) in [5.41, 5.74) is 0.675. The van der Waals surface area contributed by atoms with E-state index in [-0.39, 0.29) is 29.6 Å². The first kappa shape index (κ1) is 19.1. The van der Waals surface area contributed by atoms with Crippen LogP contribution in [0.1, 0.15) is 12.6 Å². The predicted octanol–water partition coefficient (Wildman–Crippen LogP) is 3.87. The lowest BCUT2D eigenvalue weighted by Crippen LogP contribution is -2.11. The Balaban J connectivity index is 1.59. The van der Waals surface area contributed by atoms with E-state index in [4.69, 9.17) is 4.74 Å². The SMILES string of the molecule is CC(=O)Nc1cccc([N+](=O)[O-])c1-n1cc(COc2ccc3ccccc3c2)nn1. The first-order chi connectivity index (χ1) is 14.5. The number of ether oxygens (including phenoxy) is 1. The van der Waals surface area contributed by atoms with Crippen LogP contribution < -0.4 is 10.1 Å². The highest BCUT2D eigenvalue weighted by Gasteiger charge is 2.21. The van der Waals surface area contributed by atoms with Gasteiger partial charge in [-0.2, -0.15) is 0 Å². The maximum absolute atomic E-state index is 11.5. The number of fused-ring (bicyclic) bond motifs is 1. The van der Waals surface area contributed by atoms with Crippen LogP contribution in [0, 0.1) is 10.1 Å². The van der Waals surface area contributed by atoms with E-state index in [0.717, 1.165) is 10.8 Å². The first-order valence-corrected chi connectivity index (χ1v) is 9.09. The Morgan fingerprint density at radius 2 is 1.93 bits per heavy atom.